The SMILES string of the molecule is CC(=O)c1c(C)[nH]c(C(=O)COC(=O)c2ccccc2-c2ccccc2)c1C. The molecule has 3 aromatic rings. The molecule has 0 aliphatic heterocycles. The van der Waals surface area contributed by atoms with Gasteiger partial charge in [-0.05, 0) is 43.5 Å². The van der Waals surface area contributed by atoms with Crippen LogP contribution in [-0.4, -0.2) is 29.1 Å². The van der Waals surface area contributed by atoms with Gasteiger partial charge in [-0.2, -0.15) is 0 Å². The second-order valence-electron chi connectivity index (χ2n) is 6.59. The summed E-state index contributed by atoms with van der Waals surface area (Å²) in [6.07, 6.45) is 0. The Morgan fingerprint density at radius 3 is 2.21 bits per heavy atom. The van der Waals surface area contributed by atoms with Gasteiger partial charge in [0.2, 0.25) is 5.78 Å². The van der Waals surface area contributed by atoms with E-state index in [0.29, 0.717) is 28.1 Å². The fourth-order valence-electron chi connectivity index (χ4n) is 3.37. The number of Topliss-reactive ketones (excluding diaryl/α,β-unsaturated/α-hetero) is 2. The normalized spacial score (nSPS) is 10.5. The summed E-state index contributed by atoms with van der Waals surface area (Å²) in [6.45, 7) is 4.50. The maximum absolute atomic E-state index is 12.6. The molecule has 3 rings (SSSR count). The van der Waals surface area contributed by atoms with Crippen molar-refractivity contribution >= 4 is 17.5 Å². The van der Waals surface area contributed by atoms with Crippen LogP contribution >= 0.6 is 0 Å². The standard InChI is InChI=1S/C23H21NO4/c1-14-21(16(3)25)15(2)24-22(14)20(26)13-28-23(27)19-12-8-7-11-18(19)17-9-5-4-6-10-17/h4-12,24H,13H2,1-3H3. The molecular weight excluding hydrogens is 354 g/mol. The lowest BCUT2D eigenvalue weighted by atomic mass is 10.00. The lowest BCUT2D eigenvalue weighted by molar-refractivity contribution is 0.0474. The van der Waals surface area contributed by atoms with Gasteiger partial charge in [-0.25, -0.2) is 4.79 Å². The number of aryl methyl sites for hydroxylation is 1. The zero-order chi connectivity index (χ0) is 20.3. The first kappa shape index (κ1) is 19.3. The fraction of sp³-hybridized carbons (Fsp3) is 0.174. The van der Waals surface area contributed by atoms with Crippen LogP contribution in [0.15, 0.2) is 54.6 Å². The molecule has 0 amide bonds. The maximum Gasteiger partial charge on any atom is 0.339 e. The number of ether oxygens (including phenoxy) is 1. The van der Waals surface area contributed by atoms with Gasteiger partial charge in [0.1, 0.15) is 0 Å². The number of esters is 1. The van der Waals surface area contributed by atoms with Crippen LogP contribution in [0.4, 0.5) is 0 Å². The van der Waals surface area contributed by atoms with E-state index in [9.17, 15) is 14.4 Å². The van der Waals surface area contributed by atoms with E-state index in [1.165, 1.54) is 6.92 Å². The maximum atomic E-state index is 12.6. The third-order valence-electron chi connectivity index (χ3n) is 4.63. The van der Waals surface area contributed by atoms with Gasteiger partial charge in [-0.1, -0.05) is 48.5 Å². The average molecular weight is 375 g/mol. The summed E-state index contributed by atoms with van der Waals surface area (Å²) in [6, 6.07) is 16.6. The average Bonchev–Trinajstić information content (AvgIpc) is 3.00. The number of hydrogen-bond donors (Lipinski definition) is 1. The van der Waals surface area contributed by atoms with Crippen molar-refractivity contribution in [3.8, 4) is 11.1 Å². The first-order valence-corrected chi connectivity index (χ1v) is 8.95. The Morgan fingerprint density at radius 2 is 1.57 bits per heavy atom. The zero-order valence-corrected chi connectivity index (χ0v) is 16.0. The van der Waals surface area contributed by atoms with Crippen molar-refractivity contribution < 1.29 is 19.1 Å². The van der Waals surface area contributed by atoms with Crippen LogP contribution < -0.4 is 0 Å². The Balaban J connectivity index is 1.78. The van der Waals surface area contributed by atoms with Crippen LogP contribution in [0.3, 0.4) is 0 Å². The number of H-pyrrole nitrogens is 1. The van der Waals surface area contributed by atoms with Crippen LogP contribution in [0, 0.1) is 13.8 Å². The minimum absolute atomic E-state index is 0.112. The smallest absolute Gasteiger partial charge is 0.339 e. The lowest BCUT2D eigenvalue weighted by Crippen LogP contribution is -2.16. The molecule has 1 heterocycles. The van der Waals surface area contributed by atoms with Crippen molar-refractivity contribution in [1.82, 2.24) is 4.98 Å². The van der Waals surface area contributed by atoms with E-state index in [1.54, 1.807) is 26.0 Å². The molecule has 28 heavy (non-hydrogen) atoms. The number of aromatic amines is 1. The number of nitrogens with one attached hydrogen (secondary N) is 1. The third kappa shape index (κ3) is 3.78. The predicted octanol–water partition coefficient (Wildman–Crippen LogP) is 4.54. The quantitative estimate of drug-likeness (QED) is 0.507. The van der Waals surface area contributed by atoms with Crippen molar-refractivity contribution in [2.75, 3.05) is 6.61 Å². The molecule has 0 radical (unpaired) electrons. The molecule has 0 aliphatic rings. The predicted molar refractivity (Wildman–Crippen MR) is 107 cm³/mol. The highest BCUT2D eigenvalue weighted by molar-refractivity contribution is 6.05. The number of hydrogen-bond acceptors (Lipinski definition) is 4. The molecule has 0 spiro atoms. The minimum atomic E-state index is -0.569. The first-order valence-electron chi connectivity index (χ1n) is 8.95. The molecule has 0 atom stereocenters. The topological polar surface area (TPSA) is 76.2 Å². The van der Waals surface area contributed by atoms with Crippen molar-refractivity contribution in [2.45, 2.75) is 20.8 Å². The van der Waals surface area contributed by atoms with E-state index in [4.69, 9.17) is 4.74 Å². The summed E-state index contributed by atoms with van der Waals surface area (Å²) in [5.74, 6) is -1.06. The van der Waals surface area contributed by atoms with Gasteiger partial charge in [0.15, 0.2) is 12.4 Å². The summed E-state index contributed by atoms with van der Waals surface area (Å²) in [7, 11) is 0. The molecule has 0 bridgehead atoms. The molecule has 1 aromatic heterocycles. The number of benzene rings is 2. The van der Waals surface area contributed by atoms with Gasteiger partial charge in [0, 0.05) is 11.3 Å². The minimum Gasteiger partial charge on any atom is -0.454 e. The summed E-state index contributed by atoms with van der Waals surface area (Å²) in [5.41, 5.74) is 4.04. The summed E-state index contributed by atoms with van der Waals surface area (Å²) < 4.78 is 5.28. The van der Waals surface area contributed by atoms with Crippen LogP contribution in [0.5, 0.6) is 0 Å². The van der Waals surface area contributed by atoms with Crippen LogP contribution in [0.2, 0.25) is 0 Å². The molecule has 5 nitrogen and oxygen atoms in total. The molecule has 5 heteroatoms. The number of aromatic nitrogens is 1. The molecule has 2 aromatic carbocycles. The molecule has 0 saturated carbocycles. The van der Waals surface area contributed by atoms with E-state index in [0.717, 1.165) is 11.1 Å². The molecule has 0 fully saturated rings. The summed E-state index contributed by atoms with van der Waals surface area (Å²) in [5, 5.41) is 0. The van der Waals surface area contributed by atoms with Crippen molar-refractivity contribution in [1.29, 1.82) is 0 Å². The van der Waals surface area contributed by atoms with Crippen LogP contribution in [0.25, 0.3) is 11.1 Å². The van der Waals surface area contributed by atoms with Crippen molar-refractivity contribution in [3.63, 3.8) is 0 Å². The fourth-order valence-corrected chi connectivity index (χ4v) is 3.37. The highest BCUT2D eigenvalue weighted by Gasteiger charge is 2.21. The Labute approximate surface area is 163 Å². The van der Waals surface area contributed by atoms with Gasteiger partial charge in [-0.3, -0.25) is 9.59 Å². The Kier molecular flexibility index (Phi) is 5.54. The second-order valence-corrected chi connectivity index (χ2v) is 6.59. The first-order chi connectivity index (χ1) is 13.4. The largest absolute Gasteiger partial charge is 0.454 e. The Bertz CT molecular complexity index is 1050. The Morgan fingerprint density at radius 1 is 0.929 bits per heavy atom. The molecule has 0 saturated heterocycles. The van der Waals surface area contributed by atoms with E-state index in [1.807, 2.05) is 42.5 Å². The van der Waals surface area contributed by atoms with Crippen molar-refractivity contribution in [3.05, 3.63) is 82.7 Å². The third-order valence-corrected chi connectivity index (χ3v) is 4.63. The second kappa shape index (κ2) is 8.05. The highest BCUT2D eigenvalue weighted by Crippen LogP contribution is 2.24. The van der Waals surface area contributed by atoms with Crippen LogP contribution in [-0.2, 0) is 4.74 Å². The van der Waals surface area contributed by atoms with Gasteiger partial charge in [0.25, 0.3) is 0 Å². The zero-order valence-electron chi connectivity index (χ0n) is 16.0. The Hall–Kier alpha value is -3.47. The van der Waals surface area contributed by atoms with Crippen molar-refractivity contribution in [2.24, 2.45) is 0 Å². The van der Waals surface area contributed by atoms with Crippen LogP contribution in [0.1, 0.15) is 49.4 Å². The monoisotopic (exact) mass is 375 g/mol. The molecule has 142 valence electrons. The molecule has 1 N–H and O–H groups in total. The van der Waals surface area contributed by atoms with Gasteiger partial charge >= 0.3 is 5.97 Å². The molecule has 0 unspecified atom stereocenters. The van der Waals surface area contributed by atoms with Gasteiger partial charge in [-0.15, -0.1) is 0 Å². The number of rotatable bonds is 6. The summed E-state index contributed by atoms with van der Waals surface area (Å²) in [4.78, 5) is 39.8. The molecular formula is C23H21NO4. The highest BCUT2D eigenvalue weighted by atomic mass is 16.5. The van der Waals surface area contributed by atoms with E-state index >= 15 is 0 Å². The number of ketones is 2. The molecule has 0 aliphatic carbocycles. The summed E-state index contributed by atoms with van der Waals surface area (Å²) >= 11 is 0. The van der Waals surface area contributed by atoms with E-state index < -0.39 is 12.6 Å². The van der Waals surface area contributed by atoms with E-state index in [2.05, 4.69) is 4.98 Å². The van der Waals surface area contributed by atoms with Gasteiger partial charge < -0.3 is 9.72 Å². The van der Waals surface area contributed by atoms with E-state index in [-0.39, 0.29) is 11.6 Å². The lowest BCUT2D eigenvalue weighted by Gasteiger charge is -2.09. The number of carbonyl (C=O) groups is 3. The number of carbonyl (C=O) groups excluding carboxylic acids is 3. The van der Waals surface area contributed by atoms with Gasteiger partial charge in [0.05, 0.1) is 11.3 Å².